The zero-order valence-corrected chi connectivity index (χ0v) is 11.0. The molecule has 1 aromatic heterocycles. The summed E-state index contributed by atoms with van der Waals surface area (Å²) in [6.45, 7) is 1.91. The quantitative estimate of drug-likeness (QED) is 0.898. The summed E-state index contributed by atoms with van der Waals surface area (Å²) in [6.07, 6.45) is 3.27. The molecule has 0 aliphatic carbocycles. The molecule has 102 valence electrons. The smallest absolute Gasteiger partial charge is 0.255 e. The van der Waals surface area contributed by atoms with E-state index in [1.807, 2.05) is 25.1 Å². The summed E-state index contributed by atoms with van der Waals surface area (Å²) in [5.74, 6) is -0.173. The van der Waals surface area contributed by atoms with Crippen molar-refractivity contribution >= 4 is 17.5 Å². The van der Waals surface area contributed by atoms with E-state index in [9.17, 15) is 9.59 Å². The number of rotatable bonds is 3. The fourth-order valence-corrected chi connectivity index (χ4v) is 2.28. The van der Waals surface area contributed by atoms with E-state index in [-0.39, 0.29) is 17.9 Å². The second-order valence-corrected chi connectivity index (χ2v) is 4.85. The van der Waals surface area contributed by atoms with Crippen LogP contribution in [0.3, 0.4) is 0 Å². The third-order valence-electron chi connectivity index (χ3n) is 3.39. The minimum Gasteiger partial charge on any atom is -0.472 e. The Labute approximate surface area is 116 Å². The van der Waals surface area contributed by atoms with Crippen LogP contribution in [0.4, 0.5) is 5.69 Å². The molecule has 1 aliphatic heterocycles. The van der Waals surface area contributed by atoms with Crippen LogP contribution in [0.2, 0.25) is 0 Å². The first kappa shape index (κ1) is 12.5. The number of anilines is 1. The molecule has 3 rings (SSSR count). The lowest BCUT2D eigenvalue weighted by molar-refractivity contribution is -0.115. The summed E-state index contributed by atoms with van der Waals surface area (Å²) in [5.41, 5.74) is 3.29. The van der Waals surface area contributed by atoms with E-state index in [1.54, 1.807) is 6.07 Å². The van der Waals surface area contributed by atoms with Gasteiger partial charge in [-0.15, -0.1) is 0 Å². The van der Waals surface area contributed by atoms with Gasteiger partial charge in [0.2, 0.25) is 5.91 Å². The summed E-state index contributed by atoms with van der Waals surface area (Å²) < 4.78 is 4.89. The molecule has 5 heteroatoms. The van der Waals surface area contributed by atoms with Gasteiger partial charge in [-0.1, -0.05) is 12.1 Å². The highest BCUT2D eigenvalue weighted by molar-refractivity contribution is 5.99. The maximum Gasteiger partial charge on any atom is 0.255 e. The lowest BCUT2D eigenvalue weighted by Crippen LogP contribution is -2.26. The summed E-state index contributed by atoms with van der Waals surface area (Å²) in [5, 5.41) is 5.68. The number of nitrogens with one attached hydrogen (secondary N) is 2. The molecule has 0 bridgehead atoms. The van der Waals surface area contributed by atoms with Gasteiger partial charge in [-0.05, 0) is 30.2 Å². The maximum atomic E-state index is 11.9. The first-order valence-electron chi connectivity index (χ1n) is 6.39. The van der Waals surface area contributed by atoms with E-state index in [1.165, 1.54) is 12.5 Å². The Bertz CT molecular complexity index is 662. The highest BCUT2D eigenvalue weighted by atomic mass is 16.3. The van der Waals surface area contributed by atoms with Gasteiger partial charge in [-0.2, -0.15) is 0 Å². The topological polar surface area (TPSA) is 71.3 Å². The van der Waals surface area contributed by atoms with Gasteiger partial charge in [0, 0.05) is 5.69 Å². The van der Waals surface area contributed by atoms with E-state index >= 15 is 0 Å². The van der Waals surface area contributed by atoms with Crippen molar-refractivity contribution in [2.24, 2.45) is 0 Å². The Balaban J connectivity index is 1.75. The predicted molar refractivity (Wildman–Crippen MR) is 73.4 cm³/mol. The average molecular weight is 270 g/mol. The SMILES string of the molecule is C[C@H](NC(=O)c1ccoc1)c1ccc2c(c1)CC(=O)N2. The van der Waals surface area contributed by atoms with E-state index in [0.717, 1.165) is 16.8 Å². The van der Waals surface area contributed by atoms with Crippen LogP contribution in [-0.2, 0) is 11.2 Å². The normalized spacial score (nSPS) is 14.6. The number of benzene rings is 1. The summed E-state index contributed by atoms with van der Waals surface area (Å²) in [7, 11) is 0. The molecule has 0 radical (unpaired) electrons. The lowest BCUT2D eigenvalue weighted by atomic mass is 10.0. The lowest BCUT2D eigenvalue weighted by Gasteiger charge is -2.14. The van der Waals surface area contributed by atoms with Crippen LogP contribution in [0.25, 0.3) is 0 Å². The largest absolute Gasteiger partial charge is 0.472 e. The molecule has 1 atom stereocenters. The minimum atomic E-state index is -0.180. The molecule has 0 saturated heterocycles. The van der Waals surface area contributed by atoms with E-state index in [4.69, 9.17) is 4.42 Å². The second kappa shape index (κ2) is 4.85. The maximum absolute atomic E-state index is 11.9. The van der Waals surface area contributed by atoms with Crippen LogP contribution >= 0.6 is 0 Å². The number of carbonyl (C=O) groups excluding carboxylic acids is 2. The molecule has 2 heterocycles. The number of amides is 2. The molecule has 0 spiro atoms. The molecule has 5 nitrogen and oxygen atoms in total. The zero-order valence-electron chi connectivity index (χ0n) is 11.0. The van der Waals surface area contributed by atoms with Gasteiger partial charge in [0.1, 0.15) is 6.26 Å². The molecule has 1 aliphatic rings. The highest BCUT2D eigenvalue weighted by Gasteiger charge is 2.19. The van der Waals surface area contributed by atoms with Crippen molar-refractivity contribution < 1.29 is 14.0 Å². The molecular weight excluding hydrogens is 256 g/mol. The van der Waals surface area contributed by atoms with Crippen molar-refractivity contribution in [2.75, 3.05) is 5.32 Å². The Morgan fingerprint density at radius 1 is 1.40 bits per heavy atom. The third-order valence-corrected chi connectivity index (χ3v) is 3.39. The van der Waals surface area contributed by atoms with Crippen LogP contribution < -0.4 is 10.6 Å². The molecule has 20 heavy (non-hydrogen) atoms. The van der Waals surface area contributed by atoms with Crippen molar-refractivity contribution in [2.45, 2.75) is 19.4 Å². The average Bonchev–Trinajstić information content (AvgIpc) is 3.05. The number of furan rings is 1. The molecule has 0 saturated carbocycles. The van der Waals surface area contributed by atoms with Crippen LogP contribution in [0.5, 0.6) is 0 Å². The number of carbonyl (C=O) groups is 2. The Kier molecular flexibility index (Phi) is 3.02. The van der Waals surface area contributed by atoms with Crippen molar-refractivity contribution in [3.8, 4) is 0 Å². The molecule has 2 amide bonds. The molecule has 2 N–H and O–H groups in total. The Hall–Kier alpha value is -2.56. The van der Waals surface area contributed by atoms with Crippen molar-refractivity contribution in [1.29, 1.82) is 0 Å². The fourth-order valence-electron chi connectivity index (χ4n) is 2.28. The van der Waals surface area contributed by atoms with E-state index in [0.29, 0.717) is 12.0 Å². The summed E-state index contributed by atoms with van der Waals surface area (Å²) in [6, 6.07) is 7.21. The van der Waals surface area contributed by atoms with E-state index in [2.05, 4.69) is 10.6 Å². The first-order valence-corrected chi connectivity index (χ1v) is 6.39. The molecule has 0 unspecified atom stereocenters. The second-order valence-electron chi connectivity index (χ2n) is 4.85. The highest BCUT2D eigenvalue weighted by Crippen LogP contribution is 2.26. The number of hydrogen-bond acceptors (Lipinski definition) is 3. The van der Waals surface area contributed by atoms with Crippen LogP contribution in [0.15, 0.2) is 41.2 Å². The van der Waals surface area contributed by atoms with Gasteiger partial charge >= 0.3 is 0 Å². The molecule has 0 fully saturated rings. The zero-order chi connectivity index (χ0) is 14.1. The predicted octanol–water partition coefficient (Wildman–Crippen LogP) is 2.27. The Morgan fingerprint density at radius 2 is 2.25 bits per heavy atom. The van der Waals surface area contributed by atoms with Gasteiger partial charge in [-0.25, -0.2) is 0 Å². The molecule has 2 aromatic rings. The standard InChI is InChI=1S/C15H14N2O3/c1-9(16-15(19)11-4-5-20-8-11)10-2-3-13-12(6-10)7-14(18)17-13/h2-6,8-9H,7H2,1H3,(H,16,19)(H,17,18)/t9-/m0/s1. The van der Waals surface area contributed by atoms with Crippen LogP contribution in [-0.4, -0.2) is 11.8 Å². The van der Waals surface area contributed by atoms with Crippen molar-refractivity contribution in [3.05, 3.63) is 53.5 Å². The first-order chi connectivity index (χ1) is 9.63. The van der Waals surface area contributed by atoms with Gasteiger partial charge < -0.3 is 15.1 Å². The molecule has 1 aromatic carbocycles. The van der Waals surface area contributed by atoms with Gasteiger partial charge in [0.05, 0.1) is 24.3 Å². The van der Waals surface area contributed by atoms with E-state index < -0.39 is 0 Å². The summed E-state index contributed by atoms with van der Waals surface area (Å²) in [4.78, 5) is 23.3. The number of hydrogen-bond donors (Lipinski definition) is 2. The monoisotopic (exact) mass is 270 g/mol. The third kappa shape index (κ3) is 2.30. The van der Waals surface area contributed by atoms with Crippen LogP contribution in [0, 0.1) is 0 Å². The van der Waals surface area contributed by atoms with Crippen molar-refractivity contribution in [1.82, 2.24) is 5.32 Å². The summed E-state index contributed by atoms with van der Waals surface area (Å²) >= 11 is 0. The fraction of sp³-hybridized carbons (Fsp3) is 0.200. The van der Waals surface area contributed by atoms with Gasteiger partial charge in [0.15, 0.2) is 0 Å². The van der Waals surface area contributed by atoms with Crippen molar-refractivity contribution in [3.63, 3.8) is 0 Å². The van der Waals surface area contributed by atoms with Gasteiger partial charge in [0.25, 0.3) is 5.91 Å². The minimum absolute atomic E-state index is 0.00670. The number of fused-ring (bicyclic) bond motifs is 1. The Morgan fingerprint density at radius 3 is 3.00 bits per heavy atom. The van der Waals surface area contributed by atoms with Crippen LogP contribution in [0.1, 0.15) is 34.5 Å². The van der Waals surface area contributed by atoms with Gasteiger partial charge in [-0.3, -0.25) is 9.59 Å². The molecular formula is C15H14N2O3.